The molecule has 2 heterocycles. The van der Waals surface area contributed by atoms with Gasteiger partial charge in [0.1, 0.15) is 62.4 Å². The first-order valence-electron chi connectivity index (χ1n) is 23.3. The van der Waals surface area contributed by atoms with Gasteiger partial charge in [0.25, 0.3) is 0 Å². The molecule has 4 aromatic carbocycles. The molecular formula is C50H38BF20IO4S2. The van der Waals surface area contributed by atoms with Gasteiger partial charge in [-0.15, -0.1) is 21.9 Å². The van der Waals surface area contributed by atoms with Crippen LogP contribution in [0.1, 0.15) is 110 Å². The molecule has 78 heavy (non-hydrogen) atoms. The van der Waals surface area contributed by atoms with E-state index in [1.807, 2.05) is 24.3 Å². The quantitative estimate of drug-likeness (QED) is 0.0129. The van der Waals surface area contributed by atoms with Crippen molar-refractivity contribution in [3.8, 4) is 0 Å². The molecule has 0 radical (unpaired) electrons. The van der Waals surface area contributed by atoms with Crippen molar-refractivity contribution in [2.24, 2.45) is 0 Å². The largest absolute Gasteiger partial charge is 0.462 e. The highest BCUT2D eigenvalue weighted by atomic mass is 127. The number of carbonyl (C=O) groups is 2. The number of esters is 2. The number of hydrogen-bond donors (Lipinski definition) is 0. The second-order valence-corrected chi connectivity index (χ2v) is 23.4. The van der Waals surface area contributed by atoms with E-state index >= 15 is 35.1 Å². The number of benzene rings is 4. The normalized spacial score (nSPS) is 11.6. The van der Waals surface area contributed by atoms with Crippen LogP contribution in [0.15, 0.2) is 24.3 Å². The Morgan fingerprint density at radius 3 is 0.808 bits per heavy atom. The number of thiophene rings is 2. The van der Waals surface area contributed by atoms with Crippen LogP contribution >= 0.6 is 22.7 Å². The average molecular weight is 1280 g/mol. The molecule has 0 spiro atoms. The molecule has 0 unspecified atom stereocenters. The van der Waals surface area contributed by atoms with E-state index in [9.17, 15) is 62.3 Å². The molecule has 6 aromatic rings. The van der Waals surface area contributed by atoms with Gasteiger partial charge in [0, 0.05) is 12.1 Å². The van der Waals surface area contributed by atoms with Crippen molar-refractivity contribution in [3.05, 3.63) is 156 Å². The molecule has 0 saturated heterocycles. The molecule has 28 heteroatoms. The molecule has 6 rings (SSSR count). The smallest absolute Gasteiger partial charge is 0.381 e. The molecule has 0 fully saturated rings. The highest BCUT2D eigenvalue weighted by molar-refractivity contribution is 7.20. The minimum absolute atomic E-state index is 0.214. The van der Waals surface area contributed by atoms with E-state index in [0.717, 1.165) is 25.7 Å². The lowest BCUT2D eigenvalue weighted by Gasteiger charge is -2.44. The fourth-order valence-electron chi connectivity index (χ4n) is 8.15. The maximum atomic E-state index is 15.4. The Labute approximate surface area is 448 Å². The van der Waals surface area contributed by atoms with E-state index in [1.165, 1.54) is 79.8 Å². The zero-order chi connectivity index (χ0) is 58.1. The predicted octanol–water partition coefficient (Wildman–Crippen LogP) is 10.8. The highest BCUT2D eigenvalue weighted by Gasteiger charge is 2.52. The Balaban J connectivity index is 0.000000302. The van der Waals surface area contributed by atoms with E-state index in [2.05, 4.69) is 13.8 Å². The molecule has 2 aromatic heterocycles. The molecule has 0 aliphatic rings. The average Bonchev–Trinajstić information content (AvgIpc) is 3.90. The maximum Gasteiger partial charge on any atom is 0.381 e. The molecular weight excluding hydrogens is 1250 g/mol. The molecule has 0 aliphatic heterocycles. The Hall–Kier alpha value is -5.39. The Kier molecular flexibility index (Phi) is 22.5. The summed E-state index contributed by atoms with van der Waals surface area (Å²) in [6, 6.07) is 7.78. The van der Waals surface area contributed by atoms with Gasteiger partial charge < -0.3 is 9.47 Å². The standard InChI is InChI=1S/C26H38IO4S2.C24BF20/c1-3-5-7-9-11-13-19-30-25(28)21-15-17-23(32-21)27-24-18-16-22(33-24)26(29)31-20-14-12-10-8-6-4-2;26-5-1(6(27)14(35)21(42)13(5)34)25(2-7(28)15(36)22(43)16(37)8(2)29,3-9(30)17(38)23(44)18(39)10(3)31)4-11(32)19(40)24(45)20(41)12(4)33/h15-18H,3-14,19-20H2,1-2H3;/q+1;-1. The molecule has 0 bridgehead atoms. The number of rotatable bonds is 22. The van der Waals surface area contributed by atoms with E-state index in [-0.39, 0.29) is 11.9 Å². The van der Waals surface area contributed by atoms with Crippen LogP contribution in [0.3, 0.4) is 0 Å². The first kappa shape index (κ1) is 63.4. The molecule has 0 amide bonds. The van der Waals surface area contributed by atoms with Crippen LogP contribution in [-0.2, 0) is 9.47 Å². The van der Waals surface area contributed by atoms with Crippen molar-refractivity contribution in [3.63, 3.8) is 0 Å². The van der Waals surface area contributed by atoms with Crippen molar-refractivity contribution in [1.82, 2.24) is 0 Å². The number of ether oxygens (including phenoxy) is 2. The van der Waals surface area contributed by atoms with Gasteiger partial charge in [0.05, 0.1) is 13.2 Å². The predicted molar refractivity (Wildman–Crippen MR) is 243 cm³/mol. The van der Waals surface area contributed by atoms with Gasteiger partial charge in [0.2, 0.25) is 5.77 Å². The Bertz CT molecular complexity index is 2720. The fourth-order valence-corrected chi connectivity index (χ4v) is 14.2. The van der Waals surface area contributed by atoms with Gasteiger partial charge in [0.15, 0.2) is 69.8 Å². The lowest BCUT2D eigenvalue weighted by Crippen LogP contribution is -3.61. The van der Waals surface area contributed by atoms with E-state index < -0.39 is 166 Å². The monoisotopic (exact) mass is 1280 g/mol. The van der Waals surface area contributed by atoms with E-state index in [0.29, 0.717) is 23.0 Å². The van der Waals surface area contributed by atoms with Crippen LogP contribution in [0, 0.1) is 122 Å². The van der Waals surface area contributed by atoms with Crippen LogP contribution in [0.25, 0.3) is 0 Å². The fraction of sp³-hybridized carbons (Fsp3) is 0.320. The third-order valence-electron chi connectivity index (χ3n) is 11.9. The van der Waals surface area contributed by atoms with Crippen LogP contribution in [0.5, 0.6) is 0 Å². The first-order chi connectivity index (χ1) is 36.8. The lowest BCUT2D eigenvalue weighted by atomic mass is 9.12. The zero-order valence-electron chi connectivity index (χ0n) is 40.2. The molecule has 0 N–H and O–H groups in total. The summed E-state index contributed by atoms with van der Waals surface area (Å²) in [5, 5.41) is 0. The molecule has 424 valence electrons. The van der Waals surface area contributed by atoms with Gasteiger partial charge in [-0.2, -0.15) is 0 Å². The maximum absolute atomic E-state index is 15.4. The second-order valence-electron chi connectivity index (χ2n) is 16.9. The zero-order valence-corrected chi connectivity index (χ0v) is 44.0. The summed E-state index contributed by atoms with van der Waals surface area (Å²) >= 11 is 2.63. The number of hydrogen-bond acceptors (Lipinski definition) is 6. The minimum atomic E-state index is -7.22. The SMILES string of the molecule is CCCCCCCCOC(=O)c1ccc([I+]c2ccc(C(=O)OCCCCCCCC)s2)s1.Fc1c(F)c(F)c([B-](c2c(F)c(F)c(F)c(F)c2F)(c2c(F)c(F)c(F)c(F)c2F)c2c(F)c(F)c(F)c(F)c2F)c(F)c1F. The summed E-state index contributed by atoms with van der Waals surface area (Å²) in [6.45, 7) is 5.43. The number of carbonyl (C=O) groups excluding carboxylic acids is 2. The summed E-state index contributed by atoms with van der Waals surface area (Å²) in [4.78, 5) is 25.9. The highest BCUT2D eigenvalue weighted by Crippen LogP contribution is 2.31. The Morgan fingerprint density at radius 1 is 0.346 bits per heavy atom. The summed E-state index contributed by atoms with van der Waals surface area (Å²) in [6.07, 6.45) is 6.93. The van der Waals surface area contributed by atoms with E-state index in [4.69, 9.17) is 9.47 Å². The van der Waals surface area contributed by atoms with Crippen molar-refractivity contribution in [2.45, 2.75) is 90.9 Å². The minimum Gasteiger partial charge on any atom is -0.462 e. The third-order valence-corrected chi connectivity index (χ3v) is 17.8. The topological polar surface area (TPSA) is 52.6 Å². The summed E-state index contributed by atoms with van der Waals surface area (Å²) in [5.74, 6) is -71.8. The van der Waals surface area contributed by atoms with Crippen LogP contribution in [-0.4, -0.2) is 31.3 Å². The summed E-state index contributed by atoms with van der Waals surface area (Å²) < 4.78 is 307. The number of unbranched alkanes of at least 4 members (excludes halogenated alkanes) is 10. The van der Waals surface area contributed by atoms with Crippen LogP contribution in [0.4, 0.5) is 87.8 Å². The summed E-state index contributed by atoms with van der Waals surface area (Å²) in [5.41, 5.74) is -14.3. The van der Waals surface area contributed by atoms with Gasteiger partial charge in [-0.05, 0) is 25.0 Å². The third kappa shape index (κ3) is 12.9. The van der Waals surface area contributed by atoms with Crippen molar-refractivity contribution in [2.75, 3.05) is 13.2 Å². The molecule has 0 aliphatic carbocycles. The van der Waals surface area contributed by atoms with Crippen molar-refractivity contribution in [1.29, 1.82) is 0 Å². The lowest BCUT2D eigenvalue weighted by molar-refractivity contribution is -0.585. The van der Waals surface area contributed by atoms with Crippen LogP contribution < -0.4 is 43.1 Å². The van der Waals surface area contributed by atoms with Crippen LogP contribution in [0.2, 0.25) is 0 Å². The Morgan fingerprint density at radius 2 is 0.564 bits per heavy atom. The van der Waals surface area contributed by atoms with Crippen molar-refractivity contribution >= 4 is 62.6 Å². The molecule has 0 saturated carbocycles. The second kappa shape index (κ2) is 27.7. The first-order valence-corrected chi connectivity index (χ1v) is 27.0. The number of halogens is 21. The molecule has 4 nitrogen and oxygen atoms in total. The van der Waals surface area contributed by atoms with Gasteiger partial charge in [-0.3, -0.25) is 0 Å². The van der Waals surface area contributed by atoms with Crippen molar-refractivity contribution < 1.29 is 128 Å². The summed E-state index contributed by atoms with van der Waals surface area (Å²) in [7, 11) is 0. The van der Waals surface area contributed by atoms with Gasteiger partial charge in [-0.25, -0.2) is 97.4 Å². The molecule has 0 atom stereocenters. The van der Waals surface area contributed by atoms with Gasteiger partial charge >= 0.3 is 33.1 Å². The van der Waals surface area contributed by atoms with E-state index in [1.54, 1.807) is 0 Å². The van der Waals surface area contributed by atoms with Gasteiger partial charge in [-0.1, -0.05) is 101 Å².